The van der Waals surface area contributed by atoms with Crippen LogP contribution in [0.2, 0.25) is 0 Å². The monoisotopic (exact) mass is 546 g/mol. The van der Waals surface area contributed by atoms with E-state index in [1.54, 1.807) is 0 Å². The molecule has 6 aromatic rings. The molecule has 1 heterocycles. The summed E-state index contributed by atoms with van der Waals surface area (Å²) >= 11 is 0. The fourth-order valence-electron chi connectivity index (χ4n) is 6.07. The lowest BCUT2D eigenvalue weighted by atomic mass is 9.77. The molecule has 0 unspecified atom stereocenters. The summed E-state index contributed by atoms with van der Waals surface area (Å²) in [5.74, 6) is -0.0485. The van der Waals surface area contributed by atoms with Crippen molar-refractivity contribution in [2.24, 2.45) is 0 Å². The van der Waals surface area contributed by atoms with Crippen LogP contribution in [0.5, 0.6) is 0 Å². The van der Waals surface area contributed by atoms with Crippen molar-refractivity contribution in [3.05, 3.63) is 139 Å². The Morgan fingerprint density at radius 1 is 0.548 bits per heavy atom. The van der Waals surface area contributed by atoms with Gasteiger partial charge in [-0.15, -0.1) is 0 Å². The Morgan fingerprint density at radius 2 is 0.905 bits per heavy atom. The minimum absolute atomic E-state index is 0.0485. The van der Waals surface area contributed by atoms with Crippen LogP contribution in [0, 0.1) is 6.92 Å². The zero-order valence-electron chi connectivity index (χ0n) is 24.3. The van der Waals surface area contributed by atoms with Gasteiger partial charge in [-0.25, -0.2) is 0 Å². The number of pyridine rings is 1. The van der Waals surface area contributed by atoms with Crippen LogP contribution in [0.1, 0.15) is 29.9 Å². The first kappa shape index (κ1) is 27.2. The van der Waals surface area contributed by atoms with Gasteiger partial charge in [0.1, 0.15) is 5.69 Å². The van der Waals surface area contributed by atoms with E-state index in [9.17, 15) is 4.79 Å². The fourth-order valence-corrected chi connectivity index (χ4v) is 6.07. The summed E-state index contributed by atoms with van der Waals surface area (Å²) in [5, 5.41) is 1.96. The smallest absolute Gasteiger partial charge is 0.273 e. The van der Waals surface area contributed by atoms with Gasteiger partial charge >= 0.3 is 0 Å². The van der Waals surface area contributed by atoms with Crippen molar-refractivity contribution in [2.75, 3.05) is 13.1 Å². The number of fused-ring (bicyclic) bond motifs is 1. The molecule has 0 saturated heterocycles. The molecule has 206 valence electrons. The van der Waals surface area contributed by atoms with E-state index in [1.165, 1.54) is 0 Å². The number of hydrogen-bond acceptors (Lipinski definition) is 2. The van der Waals surface area contributed by atoms with E-state index >= 15 is 0 Å². The molecule has 0 aliphatic rings. The second-order valence-electron chi connectivity index (χ2n) is 10.5. The third-order valence-corrected chi connectivity index (χ3v) is 8.02. The molecule has 5 aromatic carbocycles. The number of benzene rings is 5. The largest absolute Gasteiger partial charge is 0.338 e. The van der Waals surface area contributed by atoms with Crippen LogP contribution in [0.4, 0.5) is 0 Å². The first-order valence-electron chi connectivity index (χ1n) is 14.6. The number of rotatable bonds is 7. The molecular formula is C39H34N2O. The molecule has 6 rings (SSSR count). The number of nitrogens with zero attached hydrogens (tertiary/aromatic N) is 2. The van der Waals surface area contributed by atoms with Gasteiger partial charge in [-0.05, 0) is 70.7 Å². The summed E-state index contributed by atoms with van der Waals surface area (Å²) in [6.45, 7) is 7.39. The number of carbonyl (C=O) groups excluding carboxylic acids is 1. The van der Waals surface area contributed by atoms with Crippen molar-refractivity contribution in [2.45, 2.75) is 20.8 Å². The standard InChI is InChI=1S/C39H34N2O/c1-4-41(5-2)39(42)38-37-32(27(3)26-40-38)33(28-18-10-6-11-19-28)34(29-20-12-7-13-21-29)35(30-22-14-8-15-23-30)36(37)31-24-16-9-17-25-31/h6-26H,4-5H2,1-3H3. The molecule has 0 aliphatic carbocycles. The average Bonchev–Trinajstić information content (AvgIpc) is 3.06. The SMILES string of the molecule is CCN(CC)C(=O)c1ncc(C)c2c(-c3ccccc3)c(-c3ccccc3)c(-c3ccccc3)c(-c3ccccc3)c12. The van der Waals surface area contributed by atoms with Gasteiger partial charge in [-0.1, -0.05) is 121 Å². The highest BCUT2D eigenvalue weighted by Crippen LogP contribution is 2.52. The molecule has 0 bridgehead atoms. The van der Waals surface area contributed by atoms with Crippen molar-refractivity contribution < 1.29 is 4.79 Å². The first-order valence-corrected chi connectivity index (χ1v) is 14.6. The minimum atomic E-state index is -0.0485. The lowest BCUT2D eigenvalue weighted by Crippen LogP contribution is -2.31. The molecule has 0 spiro atoms. The van der Waals surface area contributed by atoms with E-state index in [0.717, 1.165) is 60.8 Å². The average molecular weight is 547 g/mol. The summed E-state index contributed by atoms with van der Waals surface area (Å²) in [6, 6.07) is 42.2. The molecule has 0 N–H and O–H groups in total. The van der Waals surface area contributed by atoms with Crippen LogP contribution in [0.25, 0.3) is 55.3 Å². The Hall–Kier alpha value is -5.02. The lowest BCUT2D eigenvalue weighted by molar-refractivity contribution is 0.0769. The minimum Gasteiger partial charge on any atom is -0.338 e. The molecule has 0 atom stereocenters. The van der Waals surface area contributed by atoms with Crippen LogP contribution in [0.15, 0.2) is 128 Å². The molecule has 3 nitrogen and oxygen atoms in total. The second-order valence-corrected chi connectivity index (χ2v) is 10.5. The van der Waals surface area contributed by atoms with E-state index in [-0.39, 0.29) is 5.91 Å². The molecular weight excluding hydrogens is 512 g/mol. The fraction of sp³-hybridized carbons (Fsp3) is 0.128. The Morgan fingerprint density at radius 3 is 1.29 bits per heavy atom. The third-order valence-electron chi connectivity index (χ3n) is 8.02. The van der Waals surface area contributed by atoms with Crippen LogP contribution in [0.3, 0.4) is 0 Å². The van der Waals surface area contributed by atoms with Crippen LogP contribution >= 0.6 is 0 Å². The molecule has 0 saturated carbocycles. The number of aromatic nitrogens is 1. The number of hydrogen-bond donors (Lipinski definition) is 0. The van der Waals surface area contributed by atoms with Gasteiger partial charge in [0.2, 0.25) is 0 Å². The quantitative estimate of drug-likeness (QED) is 0.200. The maximum Gasteiger partial charge on any atom is 0.273 e. The highest BCUT2D eigenvalue weighted by atomic mass is 16.2. The van der Waals surface area contributed by atoms with Crippen LogP contribution in [-0.4, -0.2) is 28.9 Å². The van der Waals surface area contributed by atoms with E-state index in [2.05, 4.69) is 110 Å². The van der Waals surface area contributed by atoms with E-state index in [4.69, 9.17) is 4.98 Å². The summed E-state index contributed by atoms with van der Waals surface area (Å²) in [6.07, 6.45) is 1.87. The maximum absolute atomic E-state index is 14.2. The van der Waals surface area contributed by atoms with Gasteiger partial charge in [0.25, 0.3) is 5.91 Å². The predicted octanol–water partition coefficient (Wildman–Crippen LogP) is 9.69. The highest BCUT2D eigenvalue weighted by molar-refractivity contribution is 6.23. The van der Waals surface area contributed by atoms with Gasteiger partial charge in [0.05, 0.1) is 0 Å². The van der Waals surface area contributed by atoms with Gasteiger partial charge in [0, 0.05) is 30.2 Å². The Balaban J connectivity index is 1.95. The zero-order chi connectivity index (χ0) is 29.1. The van der Waals surface area contributed by atoms with E-state index in [1.807, 2.05) is 43.1 Å². The topological polar surface area (TPSA) is 33.2 Å². The van der Waals surface area contributed by atoms with E-state index in [0.29, 0.717) is 18.8 Å². The molecule has 0 aliphatic heterocycles. The van der Waals surface area contributed by atoms with Crippen LogP contribution < -0.4 is 0 Å². The van der Waals surface area contributed by atoms with Crippen molar-refractivity contribution in [1.82, 2.24) is 9.88 Å². The van der Waals surface area contributed by atoms with Gasteiger partial charge < -0.3 is 4.90 Å². The molecule has 3 heteroatoms. The Kier molecular flexibility index (Phi) is 7.66. The molecule has 1 amide bonds. The summed E-state index contributed by atoms with van der Waals surface area (Å²) < 4.78 is 0. The van der Waals surface area contributed by atoms with Crippen molar-refractivity contribution in [3.8, 4) is 44.5 Å². The molecule has 42 heavy (non-hydrogen) atoms. The zero-order valence-corrected chi connectivity index (χ0v) is 24.3. The van der Waals surface area contributed by atoms with Crippen molar-refractivity contribution in [3.63, 3.8) is 0 Å². The van der Waals surface area contributed by atoms with E-state index < -0.39 is 0 Å². The number of amides is 1. The van der Waals surface area contributed by atoms with Crippen molar-refractivity contribution >= 4 is 16.7 Å². The van der Waals surface area contributed by atoms with Gasteiger partial charge in [0.15, 0.2) is 0 Å². The summed E-state index contributed by atoms with van der Waals surface area (Å²) in [7, 11) is 0. The molecule has 1 aromatic heterocycles. The van der Waals surface area contributed by atoms with Gasteiger partial charge in [-0.3, -0.25) is 9.78 Å². The first-order chi connectivity index (χ1) is 20.6. The molecule has 0 radical (unpaired) electrons. The maximum atomic E-state index is 14.2. The number of aryl methyl sites for hydroxylation is 1. The second kappa shape index (κ2) is 11.8. The lowest BCUT2D eigenvalue weighted by Gasteiger charge is -2.27. The predicted molar refractivity (Wildman–Crippen MR) is 175 cm³/mol. The third kappa shape index (κ3) is 4.77. The number of carbonyl (C=O) groups is 1. The summed E-state index contributed by atoms with van der Waals surface area (Å²) in [5.41, 5.74) is 10.3. The summed E-state index contributed by atoms with van der Waals surface area (Å²) in [4.78, 5) is 21.0. The molecule has 0 fully saturated rings. The Labute approximate surface area is 248 Å². The normalized spacial score (nSPS) is 11.0. The van der Waals surface area contributed by atoms with Crippen LogP contribution in [-0.2, 0) is 0 Å². The van der Waals surface area contributed by atoms with Crippen molar-refractivity contribution in [1.29, 1.82) is 0 Å². The Bertz CT molecular complexity index is 1840. The highest BCUT2D eigenvalue weighted by Gasteiger charge is 2.29. The van der Waals surface area contributed by atoms with Gasteiger partial charge in [-0.2, -0.15) is 0 Å².